The Balaban J connectivity index is 1.88. The molecule has 1 atom stereocenters. The van der Waals surface area contributed by atoms with Crippen molar-refractivity contribution in [3.05, 3.63) is 11.9 Å². The molecule has 6 heteroatoms. The van der Waals surface area contributed by atoms with Crippen LogP contribution in [0.15, 0.2) is 6.07 Å². The second-order valence-corrected chi connectivity index (χ2v) is 5.31. The summed E-state index contributed by atoms with van der Waals surface area (Å²) in [5, 5.41) is 3.03. The molecule has 0 spiro atoms. The Labute approximate surface area is 126 Å². The number of nitrogens with one attached hydrogen (secondary N) is 1. The predicted octanol–water partition coefficient (Wildman–Crippen LogP) is 1.92. The average molecular weight is 294 g/mol. The number of hydrogen-bond acceptors (Lipinski definition) is 6. The van der Waals surface area contributed by atoms with E-state index in [2.05, 4.69) is 27.2 Å². The molecule has 0 amide bonds. The van der Waals surface area contributed by atoms with E-state index >= 15 is 0 Å². The van der Waals surface area contributed by atoms with Gasteiger partial charge >= 0.3 is 0 Å². The number of hydrogen-bond donors (Lipinski definition) is 1. The van der Waals surface area contributed by atoms with Crippen molar-refractivity contribution in [1.82, 2.24) is 14.9 Å². The molecular formula is C15H26N4O2. The second-order valence-electron chi connectivity index (χ2n) is 5.31. The Morgan fingerprint density at radius 1 is 1.43 bits per heavy atom. The average Bonchev–Trinajstić information content (AvgIpc) is 2.90. The molecule has 0 radical (unpaired) electrons. The molecule has 1 unspecified atom stereocenters. The van der Waals surface area contributed by atoms with Crippen molar-refractivity contribution in [2.24, 2.45) is 0 Å². The minimum absolute atomic E-state index is 0.410. The van der Waals surface area contributed by atoms with Crippen molar-refractivity contribution < 1.29 is 9.47 Å². The van der Waals surface area contributed by atoms with Crippen LogP contribution in [0.3, 0.4) is 0 Å². The van der Waals surface area contributed by atoms with E-state index in [1.165, 1.54) is 19.4 Å². The number of nitrogens with zero attached hydrogens (tertiary/aromatic N) is 3. The first-order chi connectivity index (χ1) is 10.2. The van der Waals surface area contributed by atoms with E-state index in [0.29, 0.717) is 37.6 Å². The van der Waals surface area contributed by atoms with E-state index < -0.39 is 0 Å². The third kappa shape index (κ3) is 4.82. The van der Waals surface area contributed by atoms with Gasteiger partial charge in [-0.3, -0.25) is 0 Å². The summed E-state index contributed by atoms with van der Waals surface area (Å²) in [6, 6.07) is 2.46. The quantitative estimate of drug-likeness (QED) is 0.790. The second kappa shape index (κ2) is 8.14. The van der Waals surface area contributed by atoms with Crippen LogP contribution >= 0.6 is 0 Å². The van der Waals surface area contributed by atoms with Gasteiger partial charge < -0.3 is 19.7 Å². The molecule has 1 aromatic rings. The summed E-state index contributed by atoms with van der Waals surface area (Å²) in [4.78, 5) is 11.1. The van der Waals surface area contributed by atoms with Gasteiger partial charge in [-0.05, 0) is 39.8 Å². The fourth-order valence-corrected chi connectivity index (χ4v) is 2.58. The van der Waals surface area contributed by atoms with E-state index in [1.54, 1.807) is 0 Å². The first-order valence-electron chi connectivity index (χ1n) is 7.69. The van der Waals surface area contributed by atoms with E-state index in [9.17, 15) is 0 Å². The number of ether oxygens (including phenoxy) is 2. The molecule has 0 bridgehead atoms. The lowest BCUT2D eigenvalue weighted by Crippen LogP contribution is -2.26. The highest BCUT2D eigenvalue weighted by Crippen LogP contribution is 2.19. The summed E-state index contributed by atoms with van der Waals surface area (Å²) in [7, 11) is 4.02. The SMILES string of the molecule is CCOCc1nc(NC)cc(OCCC2CCCN2C)n1. The normalized spacial score (nSPS) is 18.9. The van der Waals surface area contributed by atoms with Crippen molar-refractivity contribution >= 4 is 5.82 Å². The molecule has 0 aromatic carbocycles. The fourth-order valence-electron chi connectivity index (χ4n) is 2.58. The monoisotopic (exact) mass is 294 g/mol. The summed E-state index contributed by atoms with van der Waals surface area (Å²) in [5.41, 5.74) is 0. The highest BCUT2D eigenvalue weighted by molar-refractivity contribution is 5.37. The standard InChI is InChI=1S/C15H26N4O2/c1-4-20-11-14-17-13(16-2)10-15(18-14)21-9-7-12-6-5-8-19(12)3/h10,12H,4-9,11H2,1-3H3,(H,16,17,18). The van der Waals surface area contributed by atoms with Gasteiger partial charge in [-0.15, -0.1) is 0 Å². The van der Waals surface area contributed by atoms with Gasteiger partial charge in [-0.1, -0.05) is 0 Å². The molecule has 1 N–H and O–H groups in total. The molecule has 1 aliphatic rings. The van der Waals surface area contributed by atoms with Gasteiger partial charge in [0.25, 0.3) is 0 Å². The lowest BCUT2D eigenvalue weighted by molar-refractivity contribution is 0.127. The molecule has 0 aliphatic carbocycles. The summed E-state index contributed by atoms with van der Waals surface area (Å²) in [6.07, 6.45) is 3.59. The van der Waals surface area contributed by atoms with Crippen molar-refractivity contribution in [3.8, 4) is 5.88 Å². The Bertz CT molecular complexity index is 442. The van der Waals surface area contributed by atoms with Gasteiger partial charge in [0, 0.05) is 25.8 Å². The zero-order valence-electron chi connectivity index (χ0n) is 13.3. The van der Waals surface area contributed by atoms with Gasteiger partial charge in [0.15, 0.2) is 5.82 Å². The first-order valence-corrected chi connectivity index (χ1v) is 7.69. The van der Waals surface area contributed by atoms with Crippen LogP contribution in [0.4, 0.5) is 5.82 Å². The lowest BCUT2D eigenvalue weighted by Gasteiger charge is -2.19. The van der Waals surface area contributed by atoms with Crippen molar-refractivity contribution in [1.29, 1.82) is 0 Å². The molecule has 1 fully saturated rings. The van der Waals surface area contributed by atoms with Crippen molar-refractivity contribution in [3.63, 3.8) is 0 Å². The third-order valence-electron chi connectivity index (χ3n) is 3.81. The number of likely N-dealkylation sites (tertiary alicyclic amines) is 1. The van der Waals surface area contributed by atoms with Crippen molar-refractivity contribution in [2.75, 3.05) is 39.2 Å². The minimum Gasteiger partial charge on any atom is -0.477 e. The number of aromatic nitrogens is 2. The maximum Gasteiger partial charge on any atom is 0.218 e. The summed E-state index contributed by atoms with van der Waals surface area (Å²) < 4.78 is 11.2. The molecular weight excluding hydrogens is 268 g/mol. The Hall–Kier alpha value is -1.40. The Morgan fingerprint density at radius 2 is 2.29 bits per heavy atom. The zero-order chi connectivity index (χ0) is 15.1. The number of rotatable bonds is 8. The molecule has 6 nitrogen and oxygen atoms in total. The van der Waals surface area contributed by atoms with E-state index in [-0.39, 0.29) is 0 Å². The lowest BCUT2D eigenvalue weighted by atomic mass is 10.1. The Morgan fingerprint density at radius 3 is 2.95 bits per heavy atom. The topological polar surface area (TPSA) is 59.5 Å². The predicted molar refractivity (Wildman–Crippen MR) is 82.7 cm³/mol. The summed E-state index contributed by atoms with van der Waals surface area (Å²) >= 11 is 0. The van der Waals surface area contributed by atoms with Gasteiger partial charge in [0.05, 0.1) is 6.61 Å². The van der Waals surface area contributed by atoms with Crippen LogP contribution in [0.1, 0.15) is 32.0 Å². The molecule has 2 heterocycles. The highest BCUT2D eigenvalue weighted by atomic mass is 16.5. The molecule has 1 aliphatic heterocycles. The molecule has 21 heavy (non-hydrogen) atoms. The highest BCUT2D eigenvalue weighted by Gasteiger charge is 2.20. The third-order valence-corrected chi connectivity index (χ3v) is 3.81. The van der Waals surface area contributed by atoms with Crippen LogP contribution in [0.2, 0.25) is 0 Å². The smallest absolute Gasteiger partial charge is 0.218 e. The molecule has 1 saturated heterocycles. The molecule has 2 rings (SSSR count). The molecule has 0 saturated carbocycles. The van der Waals surface area contributed by atoms with Gasteiger partial charge in [-0.2, -0.15) is 4.98 Å². The van der Waals surface area contributed by atoms with Crippen LogP contribution in [-0.2, 0) is 11.3 Å². The van der Waals surface area contributed by atoms with Crippen LogP contribution < -0.4 is 10.1 Å². The van der Waals surface area contributed by atoms with Gasteiger partial charge in [-0.25, -0.2) is 4.98 Å². The Kier molecular flexibility index (Phi) is 6.20. The molecule has 1 aromatic heterocycles. The van der Waals surface area contributed by atoms with Crippen LogP contribution in [0, 0.1) is 0 Å². The van der Waals surface area contributed by atoms with Gasteiger partial charge in [0.1, 0.15) is 12.4 Å². The van der Waals surface area contributed by atoms with Crippen LogP contribution in [-0.4, -0.2) is 54.8 Å². The summed E-state index contributed by atoms with van der Waals surface area (Å²) in [6.45, 7) is 4.90. The van der Waals surface area contributed by atoms with E-state index in [4.69, 9.17) is 9.47 Å². The molecule has 118 valence electrons. The first kappa shape index (κ1) is 16.0. The maximum atomic E-state index is 5.81. The van der Waals surface area contributed by atoms with E-state index in [0.717, 1.165) is 12.2 Å². The maximum absolute atomic E-state index is 5.81. The zero-order valence-corrected chi connectivity index (χ0v) is 13.3. The van der Waals surface area contributed by atoms with E-state index in [1.807, 2.05) is 20.0 Å². The fraction of sp³-hybridized carbons (Fsp3) is 0.733. The van der Waals surface area contributed by atoms with Crippen molar-refractivity contribution in [2.45, 2.75) is 38.8 Å². The largest absolute Gasteiger partial charge is 0.477 e. The van der Waals surface area contributed by atoms with Gasteiger partial charge in [0.2, 0.25) is 5.88 Å². The minimum atomic E-state index is 0.410. The van der Waals surface area contributed by atoms with Crippen LogP contribution in [0.5, 0.6) is 5.88 Å². The summed E-state index contributed by atoms with van der Waals surface area (Å²) in [5.74, 6) is 2.02. The number of anilines is 1. The van der Waals surface area contributed by atoms with Crippen LogP contribution in [0.25, 0.3) is 0 Å².